The lowest BCUT2D eigenvalue weighted by atomic mass is 9.98. The molecule has 1 fully saturated rings. The molecule has 0 aromatic carbocycles. The molecule has 3 rings (SSSR count). The van der Waals surface area contributed by atoms with Crippen LogP contribution in [0.5, 0.6) is 0 Å². The Labute approximate surface area is 123 Å². The molecule has 2 unspecified atom stereocenters. The van der Waals surface area contributed by atoms with Gasteiger partial charge >= 0.3 is 0 Å². The molecule has 0 amide bonds. The average Bonchev–Trinajstić information content (AvgIpc) is 3.05. The SMILES string of the molecule is CC(c1nc(-c2cccnc2)no1)N1CCCC(CO)C1. The van der Waals surface area contributed by atoms with Crippen molar-refractivity contribution in [3.05, 3.63) is 30.4 Å². The molecule has 21 heavy (non-hydrogen) atoms. The summed E-state index contributed by atoms with van der Waals surface area (Å²) in [6.07, 6.45) is 5.63. The molecule has 2 atom stereocenters. The van der Waals surface area contributed by atoms with Crippen molar-refractivity contribution < 1.29 is 9.63 Å². The van der Waals surface area contributed by atoms with Gasteiger partial charge in [0.25, 0.3) is 0 Å². The molecule has 2 aromatic rings. The van der Waals surface area contributed by atoms with Crippen molar-refractivity contribution in [2.75, 3.05) is 19.7 Å². The molecule has 1 N–H and O–H groups in total. The van der Waals surface area contributed by atoms with Crippen molar-refractivity contribution in [2.45, 2.75) is 25.8 Å². The van der Waals surface area contributed by atoms with Crippen LogP contribution in [0.4, 0.5) is 0 Å². The number of aliphatic hydroxyl groups is 1. The topological polar surface area (TPSA) is 75.3 Å². The standard InChI is InChI=1S/C15H20N4O2/c1-11(19-7-3-4-12(9-19)10-20)15-17-14(18-21-15)13-5-2-6-16-8-13/h2,5-6,8,11-12,20H,3-4,7,9-10H2,1H3. The van der Waals surface area contributed by atoms with E-state index in [1.54, 1.807) is 12.4 Å². The third-order valence-corrected chi connectivity index (χ3v) is 4.08. The summed E-state index contributed by atoms with van der Waals surface area (Å²) in [7, 11) is 0. The van der Waals surface area contributed by atoms with E-state index in [1.165, 1.54) is 0 Å². The van der Waals surface area contributed by atoms with Gasteiger partial charge in [0.15, 0.2) is 0 Å². The maximum atomic E-state index is 9.33. The molecular formula is C15H20N4O2. The molecule has 1 aliphatic heterocycles. The number of aliphatic hydroxyl groups excluding tert-OH is 1. The van der Waals surface area contributed by atoms with Crippen molar-refractivity contribution in [3.8, 4) is 11.4 Å². The maximum absolute atomic E-state index is 9.33. The van der Waals surface area contributed by atoms with Crippen LogP contribution in [-0.2, 0) is 0 Å². The Morgan fingerprint density at radius 2 is 2.43 bits per heavy atom. The molecule has 1 aliphatic rings. The Morgan fingerprint density at radius 3 is 3.19 bits per heavy atom. The van der Waals surface area contributed by atoms with Gasteiger partial charge in [-0.05, 0) is 44.4 Å². The zero-order valence-corrected chi connectivity index (χ0v) is 12.1. The molecule has 6 heteroatoms. The van der Waals surface area contributed by atoms with E-state index < -0.39 is 0 Å². The van der Waals surface area contributed by atoms with Crippen molar-refractivity contribution in [1.29, 1.82) is 0 Å². The summed E-state index contributed by atoms with van der Waals surface area (Å²) in [5.74, 6) is 1.54. The first-order valence-electron chi connectivity index (χ1n) is 7.37. The van der Waals surface area contributed by atoms with Gasteiger partial charge in [-0.2, -0.15) is 4.98 Å². The minimum Gasteiger partial charge on any atom is -0.396 e. The van der Waals surface area contributed by atoms with Gasteiger partial charge in [0, 0.05) is 31.1 Å². The highest BCUT2D eigenvalue weighted by Gasteiger charge is 2.27. The molecule has 112 valence electrons. The van der Waals surface area contributed by atoms with Crippen LogP contribution in [-0.4, -0.2) is 44.8 Å². The highest BCUT2D eigenvalue weighted by molar-refractivity contribution is 5.51. The van der Waals surface area contributed by atoms with Gasteiger partial charge in [-0.15, -0.1) is 0 Å². The number of hydrogen-bond acceptors (Lipinski definition) is 6. The molecule has 1 saturated heterocycles. The zero-order valence-electron chi connectivity index (χ0n) is 12.1. The summed E-state index contributed by atoms with van der Waals surface area (Å²) < 4.78 is 5.41. The van der Waals surface area contributed by atoms with E-state index in [2.05, 4.69) is 26.9 Å². The van der Waals surface area contributed by atoms with Crippen LogP contribution in [0.25, 0.3) is 11.4 Å². The van der Waals surface area contributed by atoms with Crippen LogP contribution in [0.3, 0.4) is 0 Å². The highest BCUT2D eigenvalue weighted by atomic mass is 16.5. The second-order valence-corrected chi connectivity index (χ2v) is 5.56. The molecule has 2 aromatic heterocycles. The van der Waals surface area contributed by atoms with Crippen molar-refractivity contribution in [2.24, 2.45) is 5.92 Å². The Balaban J connectivity index is 1.73. The average molecular weight is 288 g/mol. The van der Waals surface area contributed by atoms with E-state index >= 15 is 0 Å². The highest BCUT2D eigenvalue weighted by Crippen LogP contribution is 2.26. The molecule has 0 spiro atoms. The number of pyridine rings is 1. The first kappa shape index (κ1) is 14.2. The summed E-state index contributed by atoms with van der Waals surface area (Å²) in [6, 6.07) is 3.83. The summed E-state index contributed by atoms with van der Waals surface area (Å²) in [6.45, 7) is 4.19. The molecule has 0 radical (unpaired) electrons. The second kappa shape index (κ2) is 6.32. The smallest absolute Gasteiger partial charge is 0.244 e. The Morgan fingerprint density at radius 1 is 1.52 bits per heavy atom. The minimum absolute atomic E-state index is 0.0669. The Hall–Kier alpha value is -1.79. The lowest BCUT2D eigenvalue weighted by Gasteiger charge is -2.34. The summed E-state index contributed by atoms with van der Waals surface area (Å²) in [5.41, 5.74) is 0.853. The van der Waals surface area contributed by atoms with Crippen LogP contribution in [0, 0.1) is 5.92 Å². The van der Waals surface area contributed by atoms with E-state index in [-0.39, 0.29) is 12.6 Å². The lowest BCUT2D eigenvalue weighted by Crippen LogP contribution is -2.38. The van der Waals surface area contributed by atoms with Crippen LogP contribution in [0.2, 0.25) is 0 Å². The van der Waals surface area contributed by atoms with E-state index in [4.69, 9.17) is 4.52 Å². The largest absolute Gasteiger partial charge is 0.396 e. The molecular weight excluding hydrogens is 268 g/mol. The summed E-state index contributed by atoms with van der Waals surface area (Å²) >= 11 is 0. The number of aromatic nitrogens is 3. The van der Waals surface area contributed by atoms with E-state index in [0.29, 0.717) is 17.6 Å². The second-order valence-electron chi connectivity index (χ2n) is 5.56. The minimum atomic E-state index is 0.0669. The maximum Gasteiger partial charge on any atom is 0.244 e. The fourth-order valence-corrected chi connectivity index (χ4v) is 2.77. The monoisotopic (exact) mass is 288 g/mol. The molecule has 0 saturated carbocycles. The van der Waals surface area contributed by atoms with E-state index in [9.17, 15) is 5.11 Å². The molecule has 0 aliphatic carbocycles. The van der Waals surface area contributed by atoms with Gasteiger partial charge in [0.05, 0.1) is 6.04 Å². The predicted molar refractivity (Wildman–Crippen MR) is 77.3 cm³/mol. The number of likely N-dealkylation sites (tertiary alicyclic amines) is 1. The third-order valence-electron chi connectivity index (χ3n) is 4.08. The molecule has 3 heterocycles. The van der Waals surface area contributed by atoms with Gasteiger partial charge in [-0.3, -0.25) is 9.88 Å². The van der Waals surface area contributed by atoms with Gasteiger partial charge in [-0.1, -0.05) is 5.16 Å². The van der Waals surface area contributed by atoms with Gasteiger partial charge in [0.2, 0.25) is 11.7 Å². The van der Waals surface area contributed by atoms with E-state index in [0.717, 1.165) is 31.5 Å². The summed E-state index contributed by atoms with van der Waals surface area (Å²) in [4.78, 5) is 10.8. The van der Waals surface area contributed by atoms with Crippen LogP contribution < -0.4 is 0 Å². The molecule has 0 bridgehead atoms. The fraction of sp³-hybridized carbons (Fsp3) is 0.533. The van der Waals surface area contributed by atoms with Crippen molar-refractivity contribution >= 4 is 0 Å². The zero-order chi connectivity index (χ0) is 14.7. The number of nitrogens with zero attached hydrogens (tertiary/aromatic N) is 4. The third kappa shape index (κ3) is 3.11. The fourth-order valence-electron chi connectivity index (χ4n) is 2.77. The normalized spacial score (nSPS) is 21.3. The van der Waals surface area contributed by atoms with Gasteiger partial charge in [0.1, 0.15) is 0 Å². The summed E-state index contributed by atoms with van der Waals surface area (Å²) in [5, 5.41) is 13.4. The quantitative estimate of drug-likeness (QED) is 0.926. The van der Waals surface area contributed by atoms with Gasteiger partial charge in [-0.25, -0.2) is 0 Å². The van der Waals surface area contributed by atoms with E-state index in [1.807, 2.05) is 12.1 Å². The first-order chi connectivity index (χ1) is 10.3. The Bertz CT molecular complexity index is 572. The van der Waals surface area contributed by atoms with Crippen molar-refractivity contribution in [1.82, 2.24) is 20.0 Å². The number of rotatable bonds is 4. The van der Waals surface area contributed by atoms with Gasteiger partial charge < -0.3 is 9.63 Å². The molecule has 6 nitrogen and oxygen atoms in total. The van der Waals surface area contributed by atoms with Crippen LogP contribution in [0.1, 0.15) is 31.7 Å². The predicted octanol–water partition coefficient (Wildman–Crippen LogP) is 1.90. The van der Waals surface area contributed by atoms with Crippen LogP contribution >= 0.6 is 0 Å². The lowest BCUT2D eigenvalue weighted by molar-refractivity contribution is 0.0810. The Kier molecular flexibility index (Phi) is 4.26. The number of hydrogen-bond donors (Lipinski definition) is 1. The van der Waals surface area contributed by atoms with Crippen LogP contribution in [0.15, 0.2) is 29.0 Å². The number of piperidine rings is 1. The van der Waals surface area contributed by atoms with Crippen molar-refractivity contribution in [3.63, 3.8) is 0 Å². The first-order valence-corrected chi connectivity index (χ1v) is 7.37.